The first-order valence-electron chi connectivity index (χ1n) is 7.34. The molecular formula is C14H25N5O3. The molecule has 0 aromatic heterocycles. The molecule has 0 aliphatic carbocycles. The van der Waals surface area contributed by atoms with Gasteiger partial charge in [-0.3, -0.25) is 19.4 Å². The third kappa shape index (κ3) is 3.83. The number of rotatable bonds is 8. The summed E-state index contributed by atoms with van der Waals surface area (Å²) in [7, 11) is 2.70. The molecule has 1 saturated heterocycles. The zero-order chi connectivity index (χ0) is 16.9. The summed E-state index contributed by atoms with van der Waals surface area (Å²) in [5.74, 6) is -2.24. The highest BCUT2D eigenvalue weighted by Gasteiger charge is 2.43. The number of imide groups is 2. The topological polar surface area (TPSA) is 85.0 Å². The molecule has 0 atom stereocenters. The molecule has 0 saturated carbocycles. The van der Waals surface area contributed by atoms with E-state index in [1.165, 1.54) is 14.1 Å². The van der Waals surface area contributed by atoms with Crippen molar-refractivity contribution >= 4 is 17.8 Å². The molecule has 1 heterocycles. The second kappa shape index (κ2) is 7.90. The van der Waals surface area contributed by atoms with Crippen molar-refractivity contribution < 1.29 is 14.4 Å². The average Bonchev–Trinajstić information content (AvgIpc) is 2.51. The number of hydrogen-bond acceptors (Lipinski definition) is 6. The molecule has 8 nitrogen and oxygen atoms in total. The quantitative estimate of drug-likeness (QED) is 0.360. The van der Waals surface area contributed by atoms with Crippen molar-refractivity contribution in [3.8, 4) is 0 Å². The summed E-state index contributed by atoms with van der Waals surface area (Å²) in [6, 6.07) is -0.631. The first-order valence-corrected chi connectivity index (χ1v) is 7.34. The molecule has 0 spiro atoms. The number of carbonyl (C=O) groups excluding carboxylic acids is 3. The van der Waals surface area contributed by atoms with Crippen molar-refractivity contribution in [1.29, 1.82) is 0 Å². The van der Waals surface area contributed by atoms with Crippen molar-refractivity contribution in [3.05, 3.63) is 12.3 Å². The summed E-state index contributed by atoms with van der Waals surface area (Å²) >= 11 is 0. The highest BCUT2D eigenvalue weighted by atomic mass is 16.2. The maximum atomic E-state index is 12.1. The van der Waals surface area contributed by atoms with Gasteiger partial charge in [0.2, 0.25) is 11.8 Å². The SMILES string of the molecule is C=C(NNCCN(CC)CC)C1C(=O)N(C)C(=O)N(C)C1=O. The van der Waals surface area contributed by atoms with Crippen LogP contribution in [0.4, 0.5) is 4.79 Å². The van der Waals surface area contributed by atoms with Crippen LogP contribution >= 0.6 is 0 Å². The highest BCUT2D eigenvalue weighted by Crippen LogP contribution is 2.19. The van der Waals surface area contributed by atoms with Crippen LogP contribution in [0.3, 0.4) is 0 Å². The Bertz CT molecular complexity index is 437. The number of hydrogen-bond donors (Lipinski definition) is 2. The predicted octanol–water partition coefficient (Wildman–Crippen LogP) is -0.397. The minimum Gasteiger partial charge on any atom is -0.325 e. The monoisotopic (exact) mass is 311 g/mol. The van der Waals surface area contributed by atoms with Gasteiger partial charge in [0.1, 0.15) is 0 Å². The fourth-order valence-corrected chi connectivity index (χ4v) is 2.21. The molecule has 0 unspecified atom stereocenters. The zero-order valence-electron chi connectivity index (χ0n) is 13.7. The maximum Gasteiger partial charge on any atom is 0.332 e. The lowest BCUT2D eigenvalue weighted by Crippen LogP contribution is -2.58. The second-order valence-electron chi connectivity index (χ2n) is 5.11. The molecule has 0 bridgehead atoms. The Balaban J connectivity index is 2.55. The van der Waals surface area contributed by atoms with E-state index in [1.807, 2.05) is 0 Å². The molecule has 1 aliphatic heterocycles. The summed E-state index contributed by atoms with van der Waals surface area (Å²) in [6.07, 6.45) is 0. The Hall–Kier alpha value is -1.93. The Morgan fingerprint density at radius 2 is 1.64 bits per heavy atom. The lowest BCUT2D eigenvalue weighted by Gasteiger charge is -2.33. The van der Waals surface area contributed by atoms with Gasteiger partial charge in [-0.1, -0.05) is 20.4 Å². The second-order valence-corrected chi connectivity index (χ2v) is 5.11. The van der Waals surface area contributed by atoms with Crippen LogP contribution < -0.4 is 10.9 Å². The minimum absolute atomic E-state index is 0.237. The zero-order valence-corrected chi connectivity index (χ0v) is 13.7. The predicted molar refractivity (Wildman–Crippen MR) is 82.5 cm³/mol. The van der Waals surface area contributed by atoms with Gasteiger partial charge in [-0.2, -0.15) is 0 Å². The van der Waals surface area contributed by atoms with Crippen LogP contribution in [0.25, 0.3) is 0 Å². The number of barbiturate groups is 1. The number of likely N-dealkylation sites (N-methyl/N-ethyl adjacent to an activating group) is 1. The van der Waals surface area contributed by atoms with E-state index in [2.05, 4.69) is 36.2 Å². The molecule has 124 valence electrons. The summed E-state index contributed by atoms with van der Waals surface area (Å²) in [5.41, 5.74) is 5.98. The molecule has 8 heteroatoms. The van der Waals surface area contributed by atoms with E-state index in [9.17, 15) is 14.4 Å². The fraction of sp³-hybridized carbons (Fsp3) is 0.643. The first-order chi connectivity index (χ1) is 10.3. The van der Waals surface area contributed by atoms with Crippen LogP contribution in [0.1, 0.15) is 13.8 Å². The standard InChI is InChI=1S/C14H25N5O3/c1-6-19(7-2)9-8-15-16-10(3)11-12(20)17(4)14(22)18(5)13(11)21/h11,15-16H,3,6-9H2,1-2,4-5H3. The van der Waals surface area contributed by atoms with Crippen LogP contribution in [0.15, 0.2) is 12.3 Å². The largest absolute Gasteiger partial charge is 0.332 e. The highest BCUT2D eigenvalue weighted by molar-refractivity contribution is 6.17. The van der Waals surface area contributed by atoms with Gasteiger partial charge in [0.25, 0.3) is 0 Å². The number of urea groups is 1. The van der Waals surface area contributed by atoms with Crippen molar-refractivity contribution in [1.82, 2.24) is 25.6 Å². The lowest BCUT2D eigenvalue weighted by atomic mass is 10.0. The molecule has 1 rings (SSSR count). The van der Waals surface area contributed by atoms with Crippen molar-refractivity contribution in [3.63, 3.8) is 0 Å². The molecule has 22 heavy (non-hydrogen) atoms. The number of nitrogens with one attached hydrogen (secondary N) is 2. The van der Waals surface area contributed by atoms with Gasteiger partial charge >= 0.3 is 6.03 Å². The fourth-order valence-electron chi connectivity index (χ4n) is 2.21. The lowest BCUT2D eigenvalue weighted by molar-refractivity contribution is -0.145. The van der Waals surface area contributed by atoms with E-state index >= 15 is 0 Å². The number of amides is 4. The van der Waals surface area contributed by atoms with Crippen LogP contribution in [0.5, 0.6) is 0 Å². The van der Waals surface area contributed by atoms with Crippen LogP contribution in [0.2, 0.25) is 0 Å². The Morgan fingerprint density at radius 3 is 2.09 bits per heavy atom. The molecule has 1 fully saturated rings. The number of hydrazine groups is 1. The number of nitrogens with zero attached hydrogens (tertiary/aromatic N) is 3. The first kappa shape index (κ1) is 18.1. The average molecular weight is 311 g/mol. The van der Waals surface area contributed by atoms with E-state index in [-0.39, 0.29) is 5.70 Å². The van der Waals surface area contributed by atoms with E-state index < -0.39 is 23.8 Å². The van der Waals surface area contributed by atoms with Gasteiger partial charge in [0, 0.05) is 32.9 Å². The van der Waals surface area contributed by atoms with Gasteiger partial charge in [0.15, 0.2) is 5.92 Å². The molecule has 1 aliphatic rings. The Labute approximate surface area is 131 Å². The van der Waals surface area contributed by atoms with Gasteiger partial charge < -0.3 is 10.3 Å². The number of carbonyl (C=O) groups is 3. The molecule has 0 aromatic carbocycles. The van der Waals surface area contributed by atoms with Gasteiger partial charge in [-0.15, -0.1) is 0 Å². The Kier molecular flexibility index (Phi) is 6.51. The van der Waals surface area contributed by atoms with E-state index in [4.69, 9.17) is 0 Å². The van der Waals surface area contributed by atoms with Gasteiger partial charge in [-0.05, 0) is 13.1 Å². The van der Waals surface area contributed by atoms with Crippen LogP contribution in [-0.2, 0) is 9.59 Å². The van der Waals surface area contributed by atoms with E-state index in [1.54, 1.807) is 0 Å². The van der Waals surface area contributed by atoms with E-state index in [0.717, 1.165) is 29.4 Å². The van der Waals surface area contributed by atoms with Crippen molar-refractivity contribution in [2.24, 2.45) is 5.92 Å². The Morgan fingerprint density at radius 1 is 1.14 bits per heavy atom. The van der Waals surface area contributed by atoms with Crippen molar-refractivity contribution in [2.75, 3.05) is 40.3 Å². The molecular weight excluding hydrogens is 286 g/mol. The summed E-state index contributed by atoms with van der Waals surface area (Å²) in [4.78, 5) is 39.9. The third-order valence-electron chi connectivity index (χ3n) is 3.77. The van der Waals surface area contributed by atoms with Gasteiger partial charge in [0.05, 0.1) is 0 Å². The smallest absolute Gasteiger partial charge is 0.325 e. The van der Waals surface area contributed by atoms with Crippen molar-refractivity contribution in [2.45, 2.75) is 13.8 Å². The molecule has 4 amide bonds. The normalized spacial score (nSPS) is 16.7. The van der Waals surface area contributed by atoms with E-state index in [0.29, 0.717) is 6.54 Å². The van der Waals surface area contributed by atoms with Crippen LogP contribution in [0, 0.1) is 5.92 Å². The van der Waals surface area contributed by atoms with Crippen LogP contribution in [-0.4, -0.2) is 72.8 Å². The minimum atomic E-state index is -1.09. The summed E-state index contributed by atoms with van der Waals surface area (Å²) < 4.78 is 0. The molecule has 2 N–H and O–H groups in total. The molecule has 0 aromatic rings. The maximum absolute atomic E-state index is 12.1. The summed E-state index contributed by atoms with van der Waals surface area (Å²) in [6.45, 7) is 11.3. The third-order valence-corrected chi connectivity index (χ3v) is 3.77. The summed E-state index contributed by atoms with van der Waals surface area (Å²) in [5, 5.41) is 0. The van der Waals surface area contributed by atoms with Gasteiger partial charge in [-0.25, -0.2) is 10.2 Å². The molecule has 0 radical (unpaired) electrons.